The molecule has 0 spiro atoms. The number of ether oxygens (including phenoxy) is 2. The van der Waals surface area contributed by atoms with Crippen molar-refractivity contribution in [3.63, 3.8) is 0 Å². The van der Waals surface area contributed by atoms with E-state index in [0.29, 0.717) is 11.3 Å². The number of methoxy groups -OCH3 is 1. The average molecular weight is 526 g/mol. The van der Waals surface area contributed by atoms with Crippen molar-refractivity contribution in [2.24, 2.45) is 0 Å². The first-order valence-corrected chi connectivity index (χ1v) is 13.2. The van der Waals surface area contributed by atoms with Crippen LogP contribution in [0.15, 0.2) is 72.8 Å². The number of anilines is 2. The van der Waals surface area contributed by atoms with Gasteiger partial charge in [0, 0.05) is 34.1 Å². The number of carbonyl (C=O) groups excluding carboxylic acids is 2. The minimum Gasteiger partial charge on any atom is -0.497 e. The summed E-state index contributed by atoms with van der Waals surface area (Å²) in [6.45, 7) is 9.58. The third-order valence-electron chi connectivity index (χ3n) is 7.08. The molecule has 1 aliphatic heterocycles. The fraction of sp³-hybridized carbons (Fsp3) is 0.312. The lowest BCUT2D eigenvalue weighted by Crippen LogP contribution is -2.44. The Bertz CT molecular complexity index is 1530. The number of para-hydroxylation sites is 1. The molecule has 1 aromatic heterocycles. The summed E-state index contributed by atoms with van der Waals surface area (Å²) in [4.78, 5) is 28.5. The van der Waals surface area contributed by atoms with Gasteiger partial charge in [-0.05, 0) is 95.1 Å². The second kappa shape index (κ2) is 10.1. The van der Waals surface area contributed by atoms with Crippen molar-refractivity contribution in [1.29, 1.82) is 0 Å². The van der Waals surface area contributed by atoms with Gasteiger partial charge in [-0.3, -0.25) is 4.79 Å². The molecule has 0 unspecified atom stereocenters. The summed E-state index contributed by atoms with van der Waals surface area (Å²) in [5.74, 6) is 0.677. The number of hydrogen-bond acceptors (Lipinski definition) is 5. The monoisotopic (exact) mass is 525 g/mol. The van der Waals surface area contributed by atoms with E-state index in [1.807, 2.05) is 87.2 Å². The van der Waals surface area contributed by atoms with E-state index in [4.69, 9.17) is 9.47 Å². The molecule has 2 heterocycles. The lowest BCUT2D eigenvalue weighted by Gasteiger charge is -2.40. The Kier molecular flexibility index (Phi) is 6.85. The zero-order chi connectivity index (χ0) is 27.9. The van der Waals surface area contributed by atoms with E-state index in [1.165, 1.54) is 0 Å². The van der Waals surface area contributed by atoms with Crippen LogP contribution in [-0.4, -0.2) is 35.3 Å². The van der Waals surface area contributed by atoms with Crippen LogP contribution in [0, 0.1) is 6.92 Å². The zero-order valence-corrected chi connectivity index (χ0v) is 23.3. The molecule has 3 aromatic carbocycles. The Morgan fingerprint density at radius 3 is 2.38 bits per heavy atom. The normalized spacial score (nSPS) is 17.0. The highest BCUT2D eigenvalue weighted by Gasteiger charge is 2.34. The van der Waals surface area contributed by atoms with Crippen molar-refractivity contribution >= 4 is 34.3 Å². The smallest absolute Gasteiger partial charge is 0.419 e. The second-order valence-electron chi connectivity index (χ2n) is 11.1. The molecule has 7 nitrogen and oxygen atoms in total. The number of nitrogens with zero attached hydrogens (tertiary/aromatic N) is 2. The fourth-order valence-electron chi connectivity index (χ4n) is 5.36. The van der Waals surface area contributed by atoms with E-state index in [2.05, 4.69) is 18.3 Å². The molecule has 0 saturated heterocycles. The molecule has 0 aliphatic carbocycles. The van der Waals surface area contributed by atoms with E-state index in [9.17, 15) is 9.59 Å². The van der Waals surface area contributed by atoms with Gasteiger partial charge >= 0.3 is 6.09 Å². The van der Waals surface area contributed by atoms with Gasteiger partial charge < -0.3 is 19.7 Å². The van der Waals surface area contributed by atoms with Crippen molar-refractivity contribution in [2.75, 3.05) is 17.3 Å². The van der Waals surface area contributed by atoms with Gasteiger partial charge in [-0.15, -0.1) is 0 Å². The minimum atomic E-state index is -0.590. The van der Waals surface area contributed by atoms with Gasteiger partial charge in [-0.25, -0.2) is 9.36 Å². The molecular weight excluding hydrogens is 490 g/mol. The summed E-state index contributed by atoms with van der Waals surface area (Å²) >= 11 is 0. The van der Waals surface area contributed by atoms with E-state index < -0.39 is 11.7 Å². The highest BCUT2D eigenvalue weighted by Crippen LogP contribution is 2.41. The summed E-state index contributed by atoms with van der Waals surface area (Å²) in [5.41, 5.74) is 4.50. The van der Waals surface area contributed by atoms with Crippen LogP contribution in [0.5, 0.6) is 5.75 Å². The van der Waals surface area contributed by atoms with Crippen LogP contribution in [0.1, 0.15) is 61.8 Å². The highest BCUT2D eigenvalue weighted by atomic mass is 16.6. The first-order valence-electron chi connectivity index (χ1n) is 13.2. The van der Waals surface area contributed by atoms with Crippen LogP contribution < -0.4 is 15.0 Å². The van der Waals surface area contributed by atoms with E-state index >= 15 is 0 Å². The Labute approximate surface area is 229 Å². The van der Waals surface area contributed by atoms with Crippen LogP contribution in [0.3, 0.4) is 0 Å². The number of amides is 1. The summed E-state index contributed by atoms with van der Waals surface area (Å²) in [6, 6.07) is 23.1. The van der Waals surface area contributed by atoms with Gasteiger partial charge in [-0.2, -0.15) is 0 Å². The zero-order valence-electron chi connectivity index (χ0n) is 23.3. The Morgan fingerprint density at radius 2 is 1.69 bits per heavy atom. The summed E-state index contributed by atoms with van der Waals surface area (Å²) in [6.07, 6.45) is 0.331. The van der Waals surface area contributed by atoms with Gasteiger partial charge in [0.1, 0.15) is 11.4 Å². The predicted molar refractivity (Wildman–Crippen MR) is 155 cm³/mol. The van der Waals surface area contributed by atoms with E-state index in [0.717, 1.165) is 40.0 Å². The molecule has 1 amide bonds. The van der Waals surface area contributed by atoms with Gasteiger partial charge in [0.05, 0.1) is 18.7 Å². The van der Waals surface area contributed by atoms with Crippen LogP contribution in [0.4, 0.5) is 16.2 Å². The van der Waals surface area contributed by atoms with E-state index in [1.54, 1.807) is 23.8 Å². The number of hydrogen-bond donors (Lipinski definition) is 1. The maximum absolute atomic E-state index is 13.6. The first kappa shape index (κ1) is 26.4. The fourth-order valence-corrected chi connectivity index (χ4v) is 5.36. The molecule has 0 bridgehead atoms. The first-order chi connectivity index (χ1) is 18.6. The summed E-state index contributed by atoms with van der Waals surface area (Å²) in [7, 11) is 1.61. The number of rotatable bonds is 4. The molecule has 2 atom stereocenters. The number of aromatic nitrogens is 1. The highest BCUT2D eigenvalue weighted by molar-refractivity contribution is 6.07. The molecule has 0 fully saturated rings. The third kappa shape index (κ3) is 5.09. The maximum Gasteiger partial charge on any atom is 0.419 e. The van der Waals surface area contributed by atoms with Crippen molar-refractivity contribution in [1.82, 2.24) is 4.57 Å². The molecule has 0 radical (unpaired) electrons. The summed E-state index contributed by atoms with van der Waals surface area (Å²) < 4.78 is 12.5. The predicted octanol–water partition coefficient (Wildman–Crippen LogP) is 7.33. The van der Waals surface area contributed by atoms with Crippen LogP contribution in [-0.2, 0) is 4.74 Å². The van der Waals surface area contributed by atoms with Crippen LogP contribution in [0.2, 0.25) is 0 Å². The largest absolute Gasteiger partial charge is 0.497 e. The lowest BCUT2D eigenvalue weighted by atomic mass is 9.90. The average Bonchev–Trinajstić information content (AvgIpc) is 3.24. The lowest BCUT2D eigenvalue weighted by molar-refractivity contribution is 0.0541. The molecule has 0 saturated carbocycles. The molecule has 4 aromatic rings. The number of benzene rings is 3. The van der Waals surface area contributed by atoms with Gasteiger partial charge in [-0.1, -0.05) is 24.3 Å². The molecule has 1 N–H and O–H groups in total. The number of fused-ring (bicyclic) bond motifs is 2. The van der Waals surface area contributed by atoms with E-state index in [-0.39, 0.29) is 18.0 Å². The topological polar surface area (TPSA) is 72.8 Å². The van der Waals surface area contributed by atoms with Gasteiger partial charge in [0.25, 0.3) is 5.91 Å². The molecule has 5 rings (SSSR count). The molecule has 1 aliphatic rings. The van der Waals surface area contributed by atoms with Crippen molar-refractivity contribution < 1.29 is 19.1 Å². The number of nitrogens with one attached hydrogen (secondary N) is 1. The Morgan fingerprint density at radius 1 is 0.974 bits per heavy atom. The Hall–Kier alpha value is -4.26. The second-order valence-corrected chi connectivity index (χ2v) is 11.1. The Balaban J connectivity index is 1.48. The molecule has 39 heavy (non-hydrogen) atoms. The summed E-state index contributed by atoms with van der Waals surface area (Å²) in [5, 5.41) is 4.68. The van der Waals surface area contributed by atoms with Crippen molar-refractivity contribution in [3.8, 4) is 5.75 Å². The SMILES string of the molecule is COc1ccc(C(=O)N2c3ccccc3[C@H](Nc3cccc4c3cc(C)n4C(=O)OC(C)(C)C)C[C@@H]2C)cc1. The van der Waals surface area contributed by atoms with Gasteiger partial charge in [0.15, 0.2) is 0 Å². The maximum atomic E-state index is 13.6. The van der Waals surface area contributed by atoms with Crippen molar-refractivity contribution in [2.45, 2.75) is 58.7 Å². The van der Waals surface area contributed by atoms with Crippen LogP contribution in [0.25, 0.3) is 10.9 Å². The molecular formula is C32H35N3O4. The molecule has 7 heteroatoms. The van der Waals surface area contributed by atoms with Crippen LogP contribution >= 0.6 is 0 Å². The molecule has 202 valence electrons. The third-order valence-corrected chi connectivity index (χ3v) is 7.08. The quantitative estimate of drug-likeness (QED) is 0.302. The number of aryl methyl sites for hydroxylation is 1. The standard InChI is InChI=1S/C32H35N3O4/c1-20-18-25-26(11-9-13-29(25)35(20)31(37)39-32(3,4)5)33-27-19-21(2)34(28-12-8-7-10-24(27)28)30(36)22-14-16-23(38-6)17-15-22/h7-18,21,27,33H,19H2,1-6H3/t21-,27+/m0/s1. The minimum absolute atomic E-state index is 0.0214. The van der Waals surface area contributed by atoms with Gasteiger partial charge in [0.2, 0.25) is 0 Å². The number of carbonyl (C=O) groups is 2. The van der Waals surface area contributed by atoms with Crippen molar-refractivity contribution in [3.05, 3.63) is 89.6 Å².